The van der Waals surface area contributed by atoms with Gasteiger partial charge in [-0.05, 0) is 75.4 Å². The van der Waals surface area contributed by atoms with Gasteiger partial charge in [-0.15, -0.1) is 0 Å². The first kappa shape index (κ1) is 25.3. The number of para-hydroxylation sites is 2. The number of fused-ring (bicyclic) bond motifs is 1. The molecule has 2 heterocycles. The number of piperidine rings is 1. The van der Waals surface area contributed by atoms with Crippen LogP contribution in [0.3, 0.4) is 0 Å². The average molecular weight is 499 g/mol. The average Bonchev–Trinajstić information content (AvgIpc) is 3.20. The molecule has 3 aromatic rings. The molecule has 1 amide bonds. The number of nitrogens with one attached hydrogen (secondary N) is 1. The fourth-order valence-corrected chi connectivity index (χ4v) is 6.02. The zero-order valence-corrected chi connectivity index (χ0v) is 21.5. The number of imidazole rings is 1. The SMILES string of the molecule is CCOCCCn1c(NC(=O)C2CCN(S(=O)(=O)c3ccc(C)c(C)c3)CC2)nc2ccccc21. The topological polar surface area (TPSA) is 93.5 Å². The Hall–Kier alpha value is -2.75. The van der Waals surface area contributed by atoms with E-state index in [-0.39, 0.29) is 11.8 Å². The van der Waals surface area contributed by atoms with Crippen LogP contribution < -0.4 is 5.32 Å². The minimum Gasteiger partial charge on any atom is -0.382 e. The minimum absolute atomic E-state index is 0.116. The minimum atomic E-state index is -3.58. The summed E-state index contributed by atoms with van der Waals surface area (Å²) in [5, 5.41) is 3.01. The summed E-state index contributed by atoms with van der Waals surface area (Å²) in [5.41, 5.74) is 3.80. The number of amides is 1. The summed E-state index contributed by atoms with van der Waals surface area (Å²) in [5.74, 6) is 0.144. The van der Waals surface area contributed by atoms with Crippen LogP contribution in [0, 0.1) is 19.8 Å². The highest BCUT2D eigenvalue weighted by atomic mass is 32.2. The largest absolute Gasteiger partial charge is 0.382 e. The Morgan fingerprint density at radius 3 is 2.57 bits per heavy atom. The number of rotatable bonds is 9. The number of sulfonamides is 1. The number of nitrogens with zero attached hydrogens (tertiary/aromatic N) is 3. The van der Waals surface area contributed by atoms with Gasteiger partial charge < -0.3 is 9.30 Å². The highest BCUT2D eigenvalue weighted by molar-refractivity contribution is 7.89. The second-order valence-corrected chi connectivity index (χ2v) is 11.0. The molecule has 1 aliphatic heterocycles. The number of hydrogen-bond acceptors (Lipinski definition) is 5. The number of carbonyl (C=O) groups excluding carboxylic acids is 1. The van der Waals surface area contributed by atoms with Gasteiger partial charge in [0.15, 0.2) is 0 Å². The van der Waals surface area contributed by atoms with Crippen LogP contribution in [0.15, 0.2) is 47.4 Å². The first-order chi connectivity index (χ1) is 16.8. The van der Waals surface area contributed by atoms with Gasteiger partial charge in [0.1, 0.15) is 0 Å². The Kier molecular flexibility index (Phi) is 7.88. The van der Waals surface area contributed by atoms with Gasteiger partial charge in [-0.25, -0.2) is 13.4 Å². The Morgan fingerprint density at radius 1 is 1.11 bits per heavy atom. The lowest BCUT2D eigenvalue weighted by atomic mass is 9.97. The van der Waals surface area contributed by atoms with Gasteiger partial charge in [-0.1, -0.05) is 18.2 Å². The molecule has 0 aliphatic carbocycles. The van der Waals surface area contributed by atoms with Crippen molar-refractivity contribution >= 4 is 32.9 Å². The van der Waals surface area contributed by atoms with Crippen molar-refractivity contribution in [3.05, 3.63) is 53.6 Å². The maximum Gasteiger partial charge on any atom is 0.243 e. The number of hydrogen-bond donors (Lipinski definition) is 1. The Bertz CT molecular complexity index is 1290. The molecule has 0 saturated carbocycles. The summed E-state index contributed by atoms with van der Waals surface area (Å²) in [4.78, 5) is 18.1. The highest BCUT2D eigenvalue weighted by Gasteiger charge is 2.32. The zero-order valence-electron chi connectivity index (χ0n) is 20.7. The maximum atomic E-state index is 13.1. The normalized spacial score (nSPS) is 15.5. The molecular formula is C26H34N4O4S. The summed E-state index contributed by atoms with van der Waals surface area (Å²) in [6, 6.07) is 13.0. The van der Waals surface area contributed by atoms with Crippen molar-refractivity contribution < 1.29 is 17.9 Å². The number of anilines is 1. The third-order valence-corrected chi connectivity index (χ3v) is 8.60. The standard InChI is InChI=1S/C26H34N4O4S/c1-4-34-17-7-14-30-24-9-6-5-8-23(24)27-26(30)28-25(31)21-12-15-29(16-13-21)35(32,33)22-11-10-19(2)20(3)18-22/h5-6,8-11,18,21H,4,7,12-17H2,1-3H3,(H,27,28,31). The first-order valence-electron chi connectivity index (χ1n) is 12.2. The van der Waals surface area contributed by atoms with Gasteiger partial charge in [-0.2, -0.15) is 4.31 Å². The number of aromatic nitrogens is 2. The van der Waals surface area contributed by atoms with Crippen molar-refractivity contribution in [3.8, 4) is 0 Å². The van der Waals surface area contributed by atoms with Gasteiger partial charge in [0.2, 0.25) is 21.9 Å². The third kappa shape index (κ3) is 5.58. The van der Waals surface area contributed by atoms with Gasteiger partial charge >= 0.3 is 0 Å². The second kappa shape index (κ2) is 10.9. The molecular weight excluding hydrogens is 464 g/mol. The van der Waals surface area contributed by atoms with Gasteiger partial charge in [-0.3, -0.25) is 10.1 Å². The van der Waals surface area contributed by atoms with Crippen LogP contribution in [0.2, 0.25) is 0 Å². The molecule has 1 aromatic heterocycles. The molecule has 0 atom stereocenters. The van der Waals surface area contributed by atoms with Crippen molar-refractivity contribution in [2.75, 3.05) is 31.6 Å². The van der Waals surface area contributed by atoms with E-state index in [1.165, 1.54) is 4.31 Å². The van der Waals surface area contributed by atoms with Crippen molar-refractivity contribution in [3.63, 3.8) is 0 Å². The Morgan fingerprint density at radius 2 is 1.86 bits per heavy atom. The summed E-state index contributed by atoms with van der Waals surface area (Å²) >= 11 is 0. The van der Waals surface area contributed by atoms with E-state index in [4.69, 9.17) is 4.74 Å². The van der Waals surface area contributed by atoms with E-state index < -0.39 is 10.0 Å². The Balaban J connectivity index is 1.42. The van der Waals surface area contributed by atoms with E-state index >= 15 is 0 Å². The molecule has 1 N–H and O–H groups in total. The van der Waals surface area contributed by atoms with Crippen molar-refractivity contribution in [1.29, 1.82) is 0 Å². The lowest BCUT2D eigenvalue weighted by molar-refractivity contribution is -0.121. The van der Waals surface area contributed by atoms with E-state index in [0.29, 0.717) is 56.5 Å². The van der Waals surface area contributed by atoms with Crippen LogP contribution in [0.4, 0.5) is 5.95 Å². The molecule has 188 valence electrons. The van der Waals surface area contributed by atoms with Crippen LogP contribution in [-0.4, -0.2) is 54.5 Å². The fraction of sp³-hybridized carbons (Fsp3) is 0.462. The predicted octanol–water partition coefficient (Wildman–Crippen LogP) is 4.12. The Labute approximate surface area is 207 Å². The summed E-state index contributed by atoms with van der Waals surface area (Å²) in [6.07, 6.45) is 1.76. The molecule has 9 heteroatoms. The molecule has 8 nitrogen and oxygen atoms in total. The van der Waals surface area contributed by atoms with Crippen LogP contribution in [0.25, 0.3) is 11.0 Å². The predicted molar refractivity (Wildman–Crippen MR) is 137 cm³/mol. The first-order valence-corrected chi connectivity index (χ1v) is 13.7. The summed E-state index contributed by atoms with van der Waals surface area (Å²) < 4.78 is 35.2. The monoisotopic (exact) mass is 498 g/mol. The van der Waals surface area contributed by atoms with Crippen molar-refractivity contribution in [2.45, 2.75) is 51.5 Å². The van der Waals surface area contributed by atoms with Crippen molar-refractivity contribution in [1.82, 2.24) is 13.9 Å². The number of aryl methyl sites for hydroxylation is 3. The van der Waals surface area contributed by atoms with Crippen molar-refractivity contribution in [2.24, 2.45) is 5.92 Å². The van der Waals surface area contributed by atoms with E-state index in [9.17, 15) is 13.2 Å². The molecule has 1 saturated heterocycles. The van der Waals surface area contributed by atoms with E-state index in [0.717, 1.165) is 28.6 Å². The van der Waals surface area contributed by atoms with Crippen LogP contribution in [-0.2, 0) is 26.1 Å². The lowest BCUT2D eigenvalue weighted by Gasteiger charge is -2.30. The highest BCUT2D eigenvalue weighted by Crippen LogP contribution is 2.27. The van der Waals surface area contributed by atoms with Gasteiger partial charge in [0.05, 0.1) is 15.9 Å². The fourth-order valence-electron chi connectivity index (χ4n) is 4.46. The van der Waals surface area contributed by atoms with Crippen LogP contribution >= 0.6 is 0 Å². The van der Waals surface area contributed by atoms with E-state index in [1.54, 1.807) is 12.1 Å². The van der Waals surface area contributed by atoms with Gasteiger partial charge in [0.25, 0.3) is 0 Å². The second-order valence-electron chi connectivity index (χ2n) is 9.04. The number of carbonyl (C=O) groups is 1. The molecule has 4 rings (SSSR count). The molecule has 2 aromatic carbocycles. The molecule has 0 radical (unpaired) electrons. The zero-order chi connectivity index (χ0) is 25.0. The molecule has 0 unspecified atom stereocenters. The molecule has 35 heavy (non-hydrogen) atoms. The molecule has 0 spiro atoms. The third-order valence-electron chi connectivity index (χ3n) is 6.70. The van der Waals surface area contributed by atoms with Crippen LogP contribution in [0.1, 0.15) is 37.3 Å². The quantitative estimate of drug-likeness (QED) is 0.448. The number of ether oxygens (including phenoxy) is 1. The van der Waals surface area contributed by atoms with E-state index in [2.05, 4.69) is 10.3 Å². The molecule has 1 fully saturated rings. The molecule has 0 bridgehead atoms. The maximum absolute atomic E-state index is 13.1. The lowest BCUT2D eigenvalue weighted by Crippen LogP contribution is -2.41. The number of benzene rings is 2. The summed E-state index contributed by atoms with van der Waals surface area (Å²) in [6.45, 7) is 8.48. The molecule has 1 aliphatic rings. The van der Waals surface area contributed by atoms with E-state index in [1.807, 2.05) is 55.7 Å². The smallest absolute Gasteiger partial charge is 0.243 e. The summed E-state index contributed by atoms with van der Waals surface area (Å²) in [7, 11) is -3.58. The van der Waals surface area contributed by atoms with Crippen LogP contribution in [0.5, 0.6) is 0 Å². The van der Waals surface area contributed by atoms with Gasteiger partial charge in [0, 0.05) is 38.8 Å².